The van der Waals surface area contributed by atoms with Gasteiger partial charge in [-0.05, 0) is 33.8 Å². The van der Waals surface area contributed by atoms with E-state index >= 15 is 0 Å². The van der Waals surface area contributed by atoms with Gasteiger partial charge in [-0.1, -0.05) is 19.8 Å². The van der Waals surface area contributed by atoms with Crippen molar-refractivity contribution in [2.45, 2.75) is 30.4 Å². The summed E-state index contributed by atoms with van der Waals surface area (Å²) in [6.07, 6.45) is 3.07. The number of nitrogens with zero attached hydrogens (tertiary/aromatic N) is 1. The van der Waals surface area contributed by atoms with Crippen molar-refractivity contribution in [1.29, 1.82) is 0 Å². The van der Waals surface area contributed by atoms with Crippen LogP contribution in [0.4, 0.5) is 0 Å². The van der Waals surface area contributed by atoms with Gasteiger partial charge in [-0.25, -0.2) is 12.7 Å². The molecule has 1 aromatic heterocycles. The average Bonchev–Trinajstić information content (AvgIpc) is 2.65. The summed E-state index contributed by atoms with van der Waals surface area (Å²) >= 11 is 4.50. The first-order valence-electron chi connectivity index (χ1n) is 5.19. The van der Waals surface area contributed by atoms with E-state index in [0.29, 0.717) is 15.2 Å². The molecule has 0 aliphatic heterocycles. The van der Waals surface area contributed by atoms with Gasteiger partial charge in [0.15, 0.2) is 0 Å². The molecule has 0 aromatic carbocycles. The second-order valence-electron chi connectivity index (χ2n) is 3.59. The Balaban J connectivity index is 2.75. The Hall–Kier alpha value is 0.0900. The smallest absolute Gasteiger partial charge is 0.206 e. The van der Waals surface area contributed by atoms with Crippen LogP contribution in [-0.2, 0) is 10.0 Å². The molecule has 0 saturated carbocycles. The summed E-state index contributed by atoms with van der Waals surface area (Å²) in [4.78, 5) is 0. The molecule has 0 N–H and O–H groups in total. The van der Waals surface area contributed by atoms with Gasteiger partial charge in [-0.2, -0.15) is 0 Å². The molecule has 0 spiro atoms. The fourth-order valence-electron chi connectivity index (χ4n) is 1.31. The van der Waals surface area contributed by atoms with Crippen LogP contribution in [0.3, 0.4) is 0 Å². The number of hydrogen-bond donors (Lipinski definition) is 0. The van der Waals surface area contributed by atoms with Crippen LogP contribution in [0.25, 0.3) is 0 Å². The molecule has 0 bridgehead atoms. The lowest BCUT2D eigenvalue weighted by atomic mass is 10.2. The van der Waals surface area contributed by atoms with Crippen molar-refractivity contribution in [3.8, 4) is 0 Å². The van der Waals surface area contributed by atoms with E-state index in [1.54, 1.807) is 18.5 Å². The number of sulfonamides is 1. The van der Waals surface area contributed by atoms with E-state index < -0.39 is 10.0 Å². The summed E-state index contributed by atoms with van der Waals surface area (Å²) in [6.45, 7) is 2.69. The summed E-state index contributed by atoms with van der Waals surface area (Å²) in [5.41, 5.74) is 0. The maximum absolute atomic E-state index is 12.1. The molecule has 1 rings (SSSR count). The number of halogens is 1. The largest absolute Gasteiger partial charge is 0.253 e. The van der Waals surface area contributed by atoms with Crippen molar-refractivity contribution in [2.75, 3.05) is 13.6 Å². The van der Waals surface area contributed by atoms with Crippen molar-refractivity contribution in [1.82, 2.24) is 4.31 Å². The molecular formula is C10H16BrNO2S2. The van der Waals surface area contributed by atoms with E-state index in [1.807, 2.05) is 0 Å². The lowest BCUT2D eigenvalue weighted by Crippen LogP contribution is -2.27. The van der Waals surface area contributed by atoms with Crippen LogP contribution >= 0.6 is 27.3 Å². The van der Waals surface area contributed by atoms with Gasteiger partial charge in [-0.3, -0.25) is 0 Å². The molecule has 0 fully saturated rings. The Morgan fingerprint density at radius 1 is 1.44 bits per heavy atom. The summed E-state index contributed by atoms with van der Waals surface area (Å²) in [7, 11) is -1.67. The third kappa shape index (κ3) is 3.29. The zero-order valence-electron chi connectivity index (χ0n) is 9.44. The zero-order valence-corrected chi connectivity index (χ0v) is 12.7. The van der Waals surface area contributed by atoms with Crippen LogP contribution in [0.1, 0.15) is 26.2 Å². The number of hydrogen-bond acceptors (Lipinski definition) is 3. The first kappa shape index (κ1) is 14.2. The number of rotatable bonds is 6. The molecule has 0 amide bonds. The standard InChI is InChI=1S/C10H16BrNO2S2/c1-3-4-5-7-12(2)16(13,14)10-9(11)6-8-15-10/h6,8H,3-5,7H2,1-2H3. The fourth-order valence-corrected chi connectivity index (χ4v) is 5.02. The van der Waals surface area contributed by atoms with Crippen LogP contribution in [0.5, 0.6) is 0 Å². The van der Waals surface area contributed by atoms with Gasteiger partial charge < -0.3 is 0 Å². The molecule has 0 unspecified atom stereocenters. The van der Waals surface area contributed by atoms with Gasteiger partial charge in [0.05, 0.1) is 0 Å². The molecule has 92 valence electrons. The SMILES string of the molecule is CCCCCN(C)S(=O)(=O)c1sccc1Br. The Labute approximate surface area is 110 Å². The van der Waals surface area contributed by atoms with E-state index in [2.05, 4.69) is 22.9 Å². The van der Waals surface area contributed by atoms with Gasteiger partial charge >= 0.3 is 0 Å². The Morgan fingerprint density at radius 3 is 2.62 bits per heavy atom. The highest BCUT2D eigenvalue weighted by Gasteiger charge is 2.23. The molecule has 6 heteroatoms. The summed E-state index contributed by atoms with van der Waals surface area (Å²) < 4.78 is 26.7. The molecule has 16 heavy (non-hydrogen) atoms. The Kier molecular flexibility index (Phi) is 5.43. The first-order chi connectivity index (χ1) is 7.50. The highest BCUT2D eigenvalue weighted by atomic mass is 79.9. The molecule has 3 nitrogen and oxygen atoms in total. The second-order valence-corrected chi connectivity index (χ2v) is 7.60. The summed E-state index contributed by atoms with van der Waals surface area (Å²) in [5.74, 6) is 0. The van der Waals surface area contributed by atoms with E-state index in [4.69, 9.17) is 0 Å². The Morgan fingerprint density at radius 2 is 2.12 bits per heavy atom. The zero-order chi connectivity index (χ0) is 12.2. The van der Waals surface area contributed by atoms with Gasteiger partial charge in [0, 0.05) is 18.1 Å². The predicted molar refractivity (Wildman–Crippen MR) is 71.4 cm³/mol. The molecule has 0 saturated heterocycles. The molecular weight excluding hydrogens is 310 g/mol. The van der Waals surface area contributed by atoms with E-state index in [1.165, 1.54) is 15.6 Å². The van der Waals surface area contributed by atoms with Crippen LogP contribution in [-0.4, -0.2) is 26.3 Å². The first-order valence-corrected chi connectivity index (χ1v) is 8.30. The van der Waals surface area contributed by atoms with Crippen LogP contribution in [0, 0.1) is 0 Å². The van der Waals surface area contributed by atoms with Gasteiger partial charge in [0.1, 0.15) is 4.21 Å². The van der Waals surface area contributed by atoms with Gasteiger partial charge in [0.25, 0.3) is 10.0 Å². The van der Waals surface area contributed by atoms with Crippen LogP contribution in [0.2, 0.25) is 0 Å². The van der Waals surface area contributed by atoms with Crippen molar-refractivity contribution >= 4 is 37.3 Å². The van der Waals surface area contributed by atoms with Crippen LogP contribution < -0.4 is 0 Å². The molecule has 0 atom stereocenters. The molecule has 1 aromatic rings. The number of unbranched alkanes of at least 4 members (excludes halogenated alkanes) is 2. The van der Waals surface area contributed by atoms with E-state index in [9.17, 15) is 8.42 Å². The lowest BCUT2D eigenvalue weighted by Gasteiger charge is -2.16. The van der Waals surface area contributed by atoms with Gasteiger partial charge in [-0.15, -0.1) is 11.3 Å². The molecule has 0 aliphatic rings. The minimum atomic E-state index is -3.30. The third-order valence-corrected chi connectivity index (χ3v) is 6.81. The second kappa shape index (κ2) is 6.14. The van der Waals surface area contributed by atoms with Crippen molar-refractivity contribution in [2.24, 2.45) is 0 Å². The fraction of sp³-hybridized carbons (Fsp3) is 0.600. The van der Waals surface area contributed by atoms with Crippen molar-refractivity contribution in [3.05, 3.63) is 15.9 Å². The normalized spacial score (nSPS) is 12.2. The molecule has 0 aliphatic carbocycles. The molecule has 0 radical (unpaired) electrons. The maximum Gasteiger partial charge on any atom is 0.253 e. The van der Waals surface area contributed by atoms with E-state index in [0.717, 1.165) is 19.3 Å². The Bertz CT molecular complexity index is 428. The minimum absolute atomic E-state index is 0.395. The third-order valence-electron chi connectivity index (χ3n) is 2.31. The highest BCUT2D eigenvalue weighted by molar-refractivity contribution is 9.10. The predicted octanol–water partition coefficient (Wildman–Crippen LogP) is 3.32. The lowest BCUT2D eigenvalue weighted by molar-refractivity contribution is 0.455. The minimum Gasteiger partial charge on any atom is -0.206 e. The highest BCUT2D eigenvalue weighted by Crippen LogP contribution is 2.29. The maximum atomic E-state index is 12.1. The molecule has 1 heterocycles. The average molecular weight is 326 g/mol. The summed E-state index contributed by atoms with van der Waals surface area (Å²) in [5, 5.41) is 1.77. The monoisotopic (exact) mass is 325 g/mol. The van der Waals surface area contributed by atoms with Crippen molar-refractivity contribution in [3.63, 3.8) is 0 Å². The topological polar surface area (TPSA) is 37.4 Å². The van der Waals surface area contributed by atoms with Crippen molar-refractivity contribution < 1.29 is 8.42 Å². The summed E-state index contributed by atoms with van der Waals surface area (Å²) in [6, 6.07) is 1.76. The van der Waals surface area contributed by atoms with E-state index in [-0.39, 0.29) is 0 Å². The van der Waals surface area contributed by atoms with Gasteiger partial charge in [0.2, 0.25) is 0 Å². The number of thiophene rings is 1. The van der Waals surface area contributed by atoms with Crippen LogP contribution in [0.15, 0.2) is 20.1 Å². The quantitative estimate of drug-likeness (QED) is 0.752.